The molecule has 0 aliphatic carbocycles. The highest BCUT2D eigenvalue weighted by Gasteiger charge is 2.29. The van der Waals surface area contributed by atoms with Crippen LogP contribution in [0.15, 0.2) is 146 Å². The van der Waals surface area contributed by atoms with Gasteiger partial charge in [0.25, 0.3) is 0 Å². The molecule has 5 unspecified atom stereocenters. The number of phosphoric ester groups is 2. The molecule has 4 N–H and O–H groups in total. The second-order valence-electron chi connectivity index (χ2n) is 27.2. The molecule has 0 aromatic carbocycles. The molecule has 16 nitrogen and oxygen atoms in total. The molecule has 18 heteroatoms. The number of aliphatic hydroxyl groups is 2. The Kier molecular flexibility index (Phi) is 75.6. The Morgan fingerprint density at radius 3 is 0.800 bits per heavy atom. The zero-order chi connectivity index (χ0) is 76.6. The van der Waals surface area contributed by atoms with Crippen molar-refractivity contribution in [3.05, 3.63) is 146 Å². The Bertz CT molecular complexity index is 2490. The van der Waals surface area contributed by atoms with Gasteiger partial charge in [0.2, 0.25) is 0 Å². The van der Waals surface area contributed by atoms with Gasteiger partial charge in [0, 0.05) is 19.3 Å². The van der Waals surface area contributed by atoms with Crippen LogP contribution in [0.5, 0.6) is 0 Å². The molecule has 0 bridgehead atoms. The summed E-state index contributed by atoms with van der Waals surface area (Å²) in [6.45, 7) is 2.46. The van der Waals surface area contributed by atoms with Gasteiger partial charge < -0.3 is 34.2 Å². The molecule has 602 valence electrons. The Hall–Kier alpha value is -4.57. The van der Waals surface area contributed by atoms with Crippen LogP contribution in [0.25, 0.3) is 0 Å². The van der Waals surface area contributed by atoms with Crippen LogP contribution in [0, 0.1) is 0 Å². The van der Waals surface area contributed by atoms with Gasteiger partial charge >= 0.3 is 33.6 Å². The lowest BCUT2D eigenvalue weighted by molar-refractivity contribution is -0.161. The van der Waals surface area contributed by atoms with Gasteiger partial charge in [-0.25, -0.2) is 9.13 Å². The molecule has 0 aliphatic rings. The Morgan fingerprint density at radius 1 is 0.276 bits per heavy atom. The number of rotatable bonds is 77. The summed E-state index contributed by atoms with van der Waals surface area (Å²) in [4.78, 5) is 58.7. The Morgan fingerprint density at radius 2 is 0.505 bits per heavy atom. The number of hydrogen-bond acceptors (Lipinski definition) is 14. The second-order valence-corrected chi connectivity index (χ2v) is 30.1. The van der Waals surface area contributed by atoms with Crippen molar-refractivity contribution in [2.75, 3.05) is 39.6 Å². The van der Waals surface area contributed by atoms with Crippen molar-refractivity contribution in [1.29, 1.82) is 0 Å². The highest BCUT2D eigenvalue weighted by molar-refractivity contribution is 7.47. The summed E-state index contributed by atoms with van der Waals surface area (Å²) in [5, 5.41) is 20.7. The first-order chi connectivity index (χ1) is 51.2. The molecule has 0 heterocycles. The highest BCUT2D eigenvalue weighted by atomic mass is 31.2. The van der Waals surface area contributed by atoms with Gasteiger partial charge in [0.15, 0.2) is 6.10 Å². The summed E-state index contributed by atoms with van der Waals surface area (Å²) < 4.78 is 61.2. The van der Waals surface area contributed by atoms with Crippen LogP contribution in [0.2, 0.25) is 0 Å². The number of aliphatic hydroxyl groups excluding tert-OH is 2. The minimum atomic E-state index is -4.94. The minimum Gasteiger partial charge on any atom is -0.463 e. The molecule has 0 aliphatic heterocycles. The van der Waals surface area contributed by atoms with Gasteiger partial charge in [-0.15, -0.1) is 0 Å². The van der Waals surface area contributed by atoms with E-state index in [0.29, 0.717) is 19.3 Å². The number of allylic oxidation sites excluding steroid dienone is 24. The molecule has 5 atom stereocenters. The van der Waals surface area contributed by atoms with E-state index < -0.39 is 91.5 Å². The molecule has 0 radical (unpaired) electrons. The standard InChI is InChI=1S/C87H148O16P2/c1-4-7-10-13-16-19-22-25-28-30-32-34-36-38-39-40-41-43-45-46-48-50-53-55-58-61-64-67-70-73-85(90)97-76-82(88)77-99-104(93,94)100-78-83(89)79-101-105(95,96)102-81-84(103-87(92)75-72-69-66-63-60-57-52-27-24-21-18-15-12-9-6-3)80-98-86(91)74-71-68-65-62-59-56-54-51-49-47-44-42-37-35-33-31-29-26-23-20-17-14-11-8-5-2/h7-8,10-11,16-17,19-20,25-26,28-29,32-35,38-39,41-44,49,51,82-84,88-89H,4-6,9,12-15,18,21-24,27,30-31,36-37,40,45-48,50,52-81H2,1-3H3,(H,93,94)(H,95,96)/b10-7-,11-8-,19-16-,20-17-,28-25-,29-26-,34-32-,35-33-,39-38-,43-41-,44-42-,51-49-. The van der Waals surface area contributed by atoms with Gasteiger partial charge in [-0.3, -0.25) is 32.5 Å². The summed E-state index contributed by atoms with van der Waals surface area (Å²) >= 11 is 0. The van der Waals surface area contributed by atoms with Crippen molar-refractivity contribution >= 4 is 33.6 Å². The molecule has 105 heavy (non-hydrogen) atoms. The predicted octanol–water partition coefficient (Wildman–Crippen LogP) is 24.4. The Balaban J connectivity index is 4.57. The molecular formula is C87H148O16P2. The molecule has 0 spiro atoms. The third kappa shape index (κ3) is 80.3. The van der Waals surface area contributed by atoms with Gasteiger partial charge in [-0.1, -0.05) is 334 Å². The van der Waals surface area contributed by atoms with Crippen LogP contribution >= 0.6 is 15.6 Å². The van der Waals surface area contributed by atoms with Crippen LogP contribution in [0.4, 0.5) is 0 Å². The van der Waals surface area contributed by atoms with Crippen molar-refractivity contribution in [3.8, 4) is 0 Å². The number of unbranched alkanes of at least 4 members (excludes halogenated alkanes) is 30. The Labute approximate surface area is 638 Å². The maximum Gasteiger partial charge on any atom is 0.472 e. The van der Waals surface area contributed by atoms with Crippen LogP contribution in [-0.2, 0) is 55.8 Å². The monoisotopic (exact) mass is 1510 g/mol. The quantitative estimate of drug-likeness (QED) is 0.0146. The normalized spacial score (nSPS) is 14.7. The fraction of sp³-hybridized carbons (Fsp3) is 0.690. The third-order valence-electron chi connectivity index (χ3n) is 17.1. The van der Waals surface area contributed by atoms with E-state index in [1.807, 2.05) is 0 Å². The minimum absolute atomic E-state index is 0.101. The number of hydrogen-bond donors (Lipinski definition) is 4. The average Bonchev–Trinajstić information content (AvgIpc) is 0.913. The highest BCUT2D eigenvalue weighted by Crippen LogP contribution is 2.45. The lowest BCUT2D eigenvalue weighted by atomic mass is 10.0. The number of carbonyl (C=O) groups is 3. The summed E-state index contributed by atoms with van der Waals surface area (Å²) in [7, 11) is -9.80. The number of carbonyl (C=O) groups excluding carboxylic acids is 3. The molecular weight excluding hydrogens is 1360 g/mol. The molecule has 0 rings (SSSR count). The van der Waals surface area contributed by atoms with Gasteiger partial charge in [-0.05, 0) is 122 Å². The zero-order valence-electron chi connectivity index (χ0n) is 65.9. The zero-order valence-corrected chi connectivity index (χ0v) is 67.6. The van der Waals surface area contributed by atoms with Crippen LogP contribution in [0.3, 0.4) is 0 Å². The topological polar surface area (TPSA) is 231 Å². The molecule has 0 saturated heterocycles. The SMILES string of the molecule is CC/C=C\C/C=C\C/C=C\C/C=C\C/C=C\C/C=C\CCCCCCCCCCCCC(=O)OCC(O)COP(=O)(O)OCC(O)COP(=O)(O)OCC(COC(=O)CCCCCCCC/C=C\C/C=C\C/C=C\C/C=C\C/C=C\C/C=C\CC)OC(=O)CCCCCCCCCCCCCCCCC. The first-order valence-corrected chi connectivity index (χ1v) is 44.1. The third-order valence-corrected chi connectivity index (χ3v) is 19.0. The lowest BCUT2D eigenvalue weighted by Crippen LogP contribution is -2.30. The summed E-state index contributed by atoms with van der Waals surface area (Å²) in [5.41, 5.74) is 0. The number of phosphoric acid groups is 2. The maximum absolute atomic E-state index is 13.0. The summed E-state index contributed by atoms with van der Waals surface area (Å²) in [6, 6.07) is 0. The van der Waals surface area contributed by atoms with E-state index in [0.717, 1.165) is 173 Å². The van der Waals surface area contributed by atoms with E-state index in [1.165, 1.54) is 96.3 Å². The van der Waals surface area contributed by atoms with E-state index in [-0.39, 0.29) is 19.3 Å². The molecule has 0 amide bonds. The molecule has 0 aromatic rings. The number of ether oxygens (including phenoxy) is 3. The van der Waals surface area contributed by atoms with E-state index in [9.17, 15) is 43.5 Å². The van der Waals surface area contributed by atoms with Crippen molar-refractivity contribution in [1.82, 2.24) is 0 Å². The van der Waals surface area contributed by atoms with Crippen molar-refractivity contribution in [3.63, 3.8) is 0 Å². The van der Waals surface area contributed by atoms with Crippen LogP contribution < -0.4 is 0 Å². The lowest BCUT2D eigenvalue weighted by Gasteiger charge is -2.21. The van der Waals surface area contributed by atoms with Crippen molar-refractivity contribution < 1.29 is 75.8 Å². The maximum atomic E-state index is 13.0. The first kappa shape index (κ1) is 100. The fourth-order valence-corrected chi connectivity index (χ4v) is 12.5. The summed E-state index contributed by atoms with van der Waals surface area (Å²) in [6.07, 6.45) is 97.4. The fourth-order valence-electron chi connectivity index (χ4n) is 10.9. The summed E-state index contributed by atoms with van der Waals surface area (Å²) in [5.74, 6) is -1.59. The van der Waals surface area contributed by atoms with Gasteiger partial charge in [0.05, 0.1) is 26.4 Å². The number of esters is 3. The second kappa shape index (κ2) is 79.0. The van der Waals surface area contributed by atoms with E-state index in [4.69, 9.17) is 32.3 Å². The molecule has 0 aromatic heterocycles. The molecule has 0 saturated carbocycles. The van der Waals surface area contributed by atoms with E-state index in [1.54, 1.807) is 0 Å². The van der Waals surface area contributed by atoms with Crippen molar-refractivity contribution in [2.45, 2.75) is 347 Å². The van der Waals surface area contributed by atoms with Gasteiger partial charge in [0.1, 0.15) is 25.4 Å². The predicted molar refractivity (Wildman–Crippen MR) is 436 cm³/mol. The van der Waals surface area contributed by atoms with Crippen molar-refractivity contribution in [2.24, 2.45) is 0 Å². The molecule has 0 fully saturated rings. The van der Waals surface area contributed by atoms with Crippen LogP contribution in [-0.4, -0.2) is 95.9 Å². The van der Waals surface area contributed by atoms with E-state index in [2.05, 4.69) is 167 Å². The van der Waals surface area contributed by atoms with Gasteiger partial charge in [-0.2, -0.15) is 0 Å². The smallest absolute Gasteiger partial charge is 0.463 e. The van der Waals surface area contributed by atoms with Crippen LogP contribution in [0.1, 0.15) is 329 Å². The average molecular weight is 1510 g/mol. The largest absolute Gasteiger partial charge is 0.472 e. The first-order valence-electron chi connectivity index (χ1n) is 41.1. The van der Waals surface area contributed by atoms with E-state index >= 15 is 0 Å².